The molecule has 1 aromatic rings. The molecule has 2 rings (SSSR count). The number of nitrogens with zero attached hydrogens (tertiary/aromatic N) is 1. The van der Waals surface area contributed by atoms with Crippen LogP contribution in [0.25, 0.3) is 0 Å². The van der Waals surface area contributed by atoms with Gasteiger partial charge in [0.25, 0.3) is 0 Å². The van der Waals surface area contributed by atoms with E-state index in [4.69, 9.17) is 4.74 Å². The maximum atomic E-state index is 6.10. The molecule has 1 fully saturated rings. The molecule has 1 saturated carbocycles. The molecule has 1 N–H and O–H groups in total. The van der Waals surface area contributed by atoms with Crippen LogP contribution in [0.4, 0.5) is 5.82 Å². The van der Waals surface area contributed by atoms with Crippen molar-refractivity contribution in [2.24, 2.45) is 5.92 Å². The lowest BCUT2D eigenvalue weighted by atomic mass is 9.85. The van der Waals surface area contributed by atoms with E-state index in [-0.39, 0.29) is 0 Å². The van der Waals surface area contributed by atoms with Crippen molar-refractivity contribution >= 4 is 5.82 Å². The van der Waals surface area contributed by atoms with Crippen molar-refractivity contribution in [1.29, 1.82) is 0 Å². The number of hydrogen-bond acceptors (Lipinski definition) is 3. The normalized spacial score (nSPS) is 22.7. The zero-order valence-corrected chi connectivity index (χ0v) is 12.9. The number of nitrogens with one attached hydrogen (secondary N) is 1. The van der Waals surface area contributed by atoms with Crippen LogP contribution in [0, 0.1) is 5.92 Å². The quantitative estimate of drug-likeness (QED) is 0.802. The van der Waals surface area contributed by atoms with Crippen LogP contribution in [0.2, 0.25) is 0 Å². The Morgan fingerprint density at radius 2 is 2.25 bits per heavy atom. The second-order valence-electron chi connectivity index (χ2n) is 5.85. The summed E-state index contributed by atoms with van der Waals surface area (Å²) < 4.78 is 6.10. The molecule has 0 spiro atoms. The van der Waals surface area contributed by atoms with Gasteiger partial charge in [-0.2, -0.15) is 0 Å². The average Bonchev–Trinajstić information content (AvgIpc) is 2.51. The second-order valence-corrected chi connectivity index (χ2v) is 5.85. The summed E-state index contributed by atoms with van der Waals surface area (Å²) in [5.74, 6) is 1.83. The maximum Gasteiger partial charge on any atom is 0.126 e. The molecular formula is C17H28N2O. The van der Waals surface area contributed by atoms with Gasteiger partial charge in [-0.1, -0.05) is 33.1 Å². The Kier molecular flexibility index (Phi) is 6.31. The highest BCUT2D eigenvalue weighted by atomic mass is 16.5. The summed E-state index contributed by atoms with van der Waals surface area (Å²) in [5, 5.41) is 3.32. The van der Waals surface area contributed by atoms with E-state index in [0.29, 0.717) is 12.7 Å². The molecule has 0 bridgehead atoms. The van der Waals surface area contributed by atoms with Gasteiger partial charge in [-0.15, -0.1) is 0 Å². The summed E-state index contributed by atoms with van der Waals surface area (Å²) in [6.45, 7) is 6.14. The monoisotopic (exact) mass is 276 g/mol. The minimum atomic E-state index is 0.453. The summed E-state index contributed by atoms with van der Waals surface area (Å²) in [5.41, 5.74) is 1.22. The van der Waals surface area contributed by atoms with Crippen LogP contribution in [0.15, 0.2) is 18.3 Å². The third-order valence-electron chi connectivity index (χ3n) is 4.18. The Hall–Kier alpha value is -1.09. The maximum absolute atomic E-state index is 6.10. The molecule has 1 heterocycles. The van der Waals surface area contributed by atoms with E-state index in [1.807, 2.05) is 6.20 Å². The predicted molar refractivity (Wildman–Crippen MR) is 83.8 cm³/mol. The van der Waals surface area contributed by atoms with Crippen molar-refractivity contribution in [2.75, 3.05) is 11.9 Å². The molecule has 1 aliphatic rings. The first-order chi connectivity index (χ1) is 9.81. The van der Waals surface area contributed by atoms with E-state index in [0.717, 1.165) is 24.7 Å². The number of aromatic nitrogens is 1. The molecule has 0 saturated heterocycles. The molecule has 3 nitrogen and oxygen atoms in total. The van der Waals surface area contributed by atoms with Gasteiger partial charge in [0.1, 0.15) is 5.82 Å². The first kappa shape index (κ1) is 15.3. The Bertz CT molecular complexity index is 394. The Balaban J connectivity index is 1.81. The summed E-state index contributed by atoms with van der Waals surface area (Å²) in [6.07, 6.45) is 9.90. The SMILES string of the molecule is CCCNc1cc(COC2CCCC(CC)C2)ccn1. The van der Waals surface area contributed by atoms with Crippen LogP contribution >= 0.6 is 0 Å². The fourth-order valence-electron chi connectivity index (χ4n) is 2.89. The van der Waals surface area contributed by atoms with Gasteiger partial charge in [0.05, 0.1) is 12.7 Å². The zero-order chi connectivity index (χ0) is 14.2. The molecule has 0 aliphatic heterocycles. The first-order valence-corrected chi connectivity index (χ1v) is 8.12. The fraction of sp³-hybridized carbons (Fsp3) is 0.706. The predicted octanol–water partition coefficient (Wildman–Crippen LogP) is 4.39. The largest absolute Gasteiger partial charge is 0.374 e. The van der Waals surface area contributed by atoms with E-state index in [2.05, 4.69) is 36.3 Å². The molecule has 112 valence electrons. The zero-order valence-electron chi connectivity index (χ0n) is 12.9. The molecule has 0 amide bonds. The molecular weight excluding hydrogens is 248 g/mol. The van der Waals surface area contributed by atoms with Gasteiger partial charge in [-0.05, 0) is 42.9 Å². The molecule has 2 atom stereocenters. The Morgan fingerprint density at radius 3 is 3.05 bits per heavy atom. The summed E-state index contributed by atoms with van der Waals surface area (Å²) in [6, 6.07) is 4.16. The van der Waals surface area contributed by atoms with Gasteiger partial charge in [0.15, 0.2) is 0 Å². The third-order valence-corrected chi connectivity index (χ3v) is 4.18. The van der Waals surface area contributed by atoms with Crippen molar-refractivity contribution in [1.82, 2.24) is 4.98 Å². The lowest BCUT2D eigenvalue weighted by Gasteiger charge is -2.28. The Labute approximate surface area is 123 Å². The van der Waals surface area contributed by atoms with Gasteiger partial charge in [0.2, 0.25) is 0 Å². The van der Waals surface area contributed by atoms with Crippen molar-refractivity contribution in [3.63, 3.8) is 0 Å². The van der Waals surface area contributed by atoms with Gasteiger partial charge in [-0.3, -0.25) is 0 Å². The minimum Gasteiger partial charge on any atom is -0.374 e. The van der Waals surface area contributed by atoms with Crippen LogP contribution in [-0.4, -0.2) is 17.6 Å². The van der Waals surface area contributed by atoms with E-state index < -0.39 is 0 Å². The van der Waals surface area contributed by atoms with Gasteiger partial charge < -0.3 is 10.1 Å². The number of pyridine rings is 1. The molecule has 20 heavy (non-hydrogen) atoms. The van der Waals surface area contributed by atoms with Gasteiger partial charge >= 0.3 is 0 Å². The third kappa shape index (κ3) is 4.78. The fourth-order valence-corrected chi connectivity index (χ4v) is 2.89. The van der Waals surface area contributed by atoms with Gasteiger partial charge in [0, 0.05) is 12.7 Å². The van der Waals surface area contributed by atoms with E-state index >= 15 is 0 Å². The average molecular weight is 276 g/mol. The topological polar surface area (TPSA) is 34.1 Å². The van der Waals surface area contributed by atoms with Gasteiger partial charge in [-0.25, -0.2) is 4.98 Å². The number of hydrogen-bond donors (Lipinski definition) is 1. The van der Waals surface area contributed by atoms with Crippen molar-refractivity contribution in [3.05, 3.63) is 23.9 Å². The van der Waals surface area contributed by atoms with Crippen molar-refractivity contribution < 1.29 is 4.74 Å². The molecule has 1 aliphatic carbocycles. The number of anilines is 1. The highest BCUT2D eigenvalue weighted by molar-refractivity contribution is 5.37. The first-order valence-electron chi connectivity index (χ1n) is 8.12. The molecule has 3 heteroatoms. The Morgan fingerprint density at radius 1 is 1.35 bits per heavy atom. The highest BCUT2D eigenvalue weighted by Crippen LogP contribution is 2.28. The number of rotatable bonds is 7. The van der Waals surface area contributed by atoms with Crippen LogP contribution in [0.3, 0.4) is 0 Å². The van der Waals surface area contributed by atoms with Crippen LogP contribution in [0.5, 0.6) is 0 Å². The van der Waals surface area contributed by atoms with Crippen molar-refractivity contribution in [3.8, 4) is 0 Å². The molecule has 1 aromatic heterocycles. The lowest BCUT2D eigenvalue weighted by Crippen LogP contribution is -2.22. The van der Waals surface area contributed by atoms with E-state index in [1.54, 1.807) is 0 Å². The second kappa shape index (κ2) is 8.25. The van der Waals surface area contributed by atoms with Crippen LogP contribution in [0.1, 0.15) is 57.9 Å². The number of ether oxygens (including phenoxy) is 1. The van der Waals surface area contributed by atoms with E-state index in [1.165, 1.54) is 37.7 Å². The molecule has 2 unspecified atom stereocenters. The lowest BCUT2D eigenvalue weighted by molar-refractivity contribution is 0.00176. The molecule has 0 aromatic carbocycles. The summed E-state index contributed by atoms with van der Waals surface area (Å²) in [4.78, 5) is 4.33. The summed E-state index contributed by atoms with van der Waals surface area (Å²) >= 11 is 0. The molecule has 0 radical (unpaired) electrons. The standard InChI is InChI=1S/C17H28N2O/c1-3-9-18-17-12-15(8-10-19-17)13-20-16-7-5-6-14(4-2)11-16/h8,10,12,14,16H,3-7,9,11,13H2,1-2H3,(H,18,19). The van der Waals surface area contributed by atoms with Crippen LogP contribution < -0.4 is 5.32 Å². The highest BCUT2D eigenvalue weighted by Gasteiger charge is 2.21. The summed E-state index contributed by atoms with van der Waals surface area (Å²) in [7, 11) is 0. The van der Waals surface area contributed by atoms with E-state index in [9.17, 15) is 0 Å². The van der Waals surface area contributed by atoms with Crippen LogP contribution in [-0.2, 0) is 11.3 Å². The minimum absolute atomic E-state index is 0.453. The van der Waals surface area contributed by atoms with Crippen molar-refractivity contribution in [2.45, 2.75) is 65.1 Å². The smallest absolute Gasteiger partial charge is 0.126 e.